The van der Waals surface area contributed by atoms with Crippen LogP contribution in [0.4, 0.5) is 5.69 Å². The van der Waals surface area contributed by atoms with Gasteiger partial charge in [-0.25, -0.2) is 0 Å². The number of nitrogens with one attached hydrogen (secondary N) is 1. The van der Waals surface area contributed by atoms with Gasteiger partial charge in [-0.3, -0.25) is 23.9 Å². The Hall–Kier alpha value is -3.12. The summed E-state index contributed by atoms with van der Waals surface area (Å²) >= 11 is 6.17. The van der Waals surface area contributed by atoms with Gasteiger partial charge in [0.2, 0.25) is 5.54 Å². The topological polar surface area (TPSA) is 71.4 Å². The Morgan fingerprint density at radius 1 is 1.06 bits per heavy atom. The molecule has 1 aliphatic carbocycles. The van der Waals surface area contributed by atoms with Gasteiger partial charge in [0.05, 0.1) is 5.52 Å². The van der Waals surface area contributed by atoms with Crippen LogP contribution in [0.5, 0.6) is 0 Å². The zero-order chi connectivity index (χ0) is 24.2. The third-order valence-corrected chi connectivity index (χ3v) is 7.44. The van der Waals surface area contributed by atoms with E-state index in [2.05, 4.69) is 19.2 Å². The van der Waals surface area contributed by atoms with Crippen LogP contribution in [-0.2, 0) is 4.79 Å². The van der Waals surface area contributed by atoms with E-state index >= 15 is 0 Å². The highest BCUT2D eigenvalue weighted by molar-refractivity contribution is 6.32. The Balaban J connectivity index is 1.68. The number of halogens is 1. The van der Waals surface area contributed by atoms with Crippen molar-refractivity contribution in [2.75, 3.05) is 4.90 Å². The average Bonchev–Trinajstić information content (AvgIpc) is 3.45. The summed E-state index contributed by atoms with van der Waals surface area (Å²) < 4.78 is 1.38. The molecule has 2 aliphatic rings. The van der Waals surface area contributed by atoms with E-state index in [4.69, 9.17) is 11.6 Å². The molecule has 2 aromatic carbocycles. The molecule has 1 aromatic heterocycles. The van der Waals surface area contributed by atoms with Gasteiger partial charge in [-0.2, -0.15) is 0 Å². The first-order valence-electron chi connectivity index (χ1n) is 11.8. The molecule has 34 heavy (non-hydrogen) atoms. The fraction of sp³-hybridized carbons (Fsp3) is 0.370. The minimum absolute atomic E-state index is 0.0130. The molecule has 2 heterocycles. The van der Waals surface area contributed by atoms with E-state index in [1.807, 2.05) is 24.3 Å². The highest BCUT2D eigenvalue weighted by Gasteiger charge is 2.55. The van der Waals surface area contributed by atoms with Crippen LogP contribution in [0.3, 0.4) is 0 Å². The molecule has 1 saturated carbocycles. The van der Waals surface area contributed by atoms with Crippen LogP contribution in [0, 0.1) is 0 Å². The fourth-order valence-corrected chi connectivity index (χ4v) is 5.35. The van der Waals surface area contributed by atoms with Crippen molar-refractivity contribution in [3.8, 4) is 0 Å². The van der Waals surface area contributed by atoms with Crippen molar-refractivity contribution in [3.05, 3.63) is 64.8 Å². The number of hydrogen-bond donors (Lipinski definition) is 1. The summed E-state index contributed by atoms with van der Waals surface area (Å²) in [5.74, 6) is -0.986. The molecule has 0 spiro atoms. The van der Waals surface area contributed by atoms with Gasteiger partial charge < -0.3 is 5.32 Å². The minimum Gasteiger partial charge on any atom is -0.351 e. The third kappa shape index (κ3) is 3.43. The van der Waals surface area contributed by atoms with Gasteiger partial charge in [0.25, 0.3) is 17.7 Å². The second-order valence-electron chi connectivity index (χ2n) is 9.79. The number of hydrogen-bond acceptors (Lipinski definition) is 3. The van der Waals surface area contributed by atoms with E-state index in [-0.39, 0.29) is 11.7 Å². The number of carbonyl (C=O) groups excluding carboxylic acids is 3. The van der Waals surface area contributed by atoms with Crippen molar-refractivity contribution < 1.29 is 14.4 Å². The Morgan fingerprint density at radius 2 is 1.74 bits per heavy atom. The van der Waals surface area contributed by atoms with Gasteiger partial charge >= 0.3 is 0 Å². The molecule has 0 radical (unpaired) electrons. The maximum atomic E-state index is 14.1. The fourth-order valence-electron chi connectivity index (χ4n) is 5.17. The number of aromatic nitrogens is 1. The standard InChI is InChI=1S/C27H28ClN3O3/c1-16(2)17-8-11-21(12-9-17)31-24(32)23-15-18-14-19(28)10-13-22(18)30(23)26(34)27(31,3)25(33)29-20-6-4-5-7-20/h8-16,20H,4-7H2,1-3H3,(H,29,33)/t27-/m1/s1. The second kappa shape index (κ2) is 8.27. The number of fused-ring (bicyclic) bond motifs is 3. The maximum absolute atomic E-state index is 14.1. The molecule has 6 nitrogen and oxygen atoms in total. The number of amides is 2. The van der Waals surface area contributed by atoms with Crippen LogP contribution in [0.25, 0.3) is 10.9 Å². The van der Waals surface area contributed by atoms with Gasteiger partial charge in [0.1, 0.15) is 5.69 Å². The first-order valence-corrected chi connectivity index (χ1v) is 12.2. The molecule has 7 heteroatoms. The molecule has 2 amide bonds. The molecule has 0 unspecified atom stereocenters. The molecule has 176 valence electrons. The van der Waals surface area contributed by atoms with Crippen LogP contribution in [0.1, 0.15) is 73.2 Å². The lowest BCUT2D eigenvalue weighted by atomic mass is 9.91. The molecule has 0 saturated heterocycles. The molecule has 5 rings (SSSR count). The van der Waals surface area contributed by atoms with E-state index in [9.17, 15) is 14.4 Å². The lowest BCUT2D eigenvalue weighted by molar-refractivity contribution is -0.125. The molecule has 3 aromatic rings. The highest BCUT2D eigenvalue weighted by Crippen LogP contribution is 2.37. The Morgan fingerprint density at radius 3 is 2.38 bits per heavy atom. The molecular weight excluding hydrogens is 450 g/mol. The van der Waals surface area contributed by atoms with Crippen molar-refractivity contribution in [3.63, 3.8) is 0 Å². The van der Waals surface area contributed by atoms with Crippen molar-refractivity contribution in [1.82, 2.24) is 9.88 Å². The van der Waals surface area contributed by atoms with Crippen LogP contribution < -0.4 is 10.2 Å². The third-order valence-electron chi connectivity index (χ3n) is 7.20. The first-order chi connectivity index (χ1) is 16.2. The zero-order valence-corrected chi connectivity index (χ0v) is 20.4. The molecular formula is C27H28ClN3O3. The number of nitrogens with zero attached hydrogens (tertiary/aromatic N) is 2. The Labute approximate surface area is 203 Å². The first kappa shape index (κ1) is 22.7. The normalized spacial score (nSPS) is 20.9. The molecule has 1 atom stereocenters. The second-order valence-corrected chi connectivity index (χ2v) is 10.2. The predicted octanol–water partition coefficient (Wildman–Crippen LogP) is 5.54. The summed E-state index contributed by atoms with van der Waals surface area (Å²) in [6.45, 7) is 5.74. The number of rotatable bonds is 4. The SMILES string of the molecule is CC(C)c1ccc(N2C(=O)c3cc4cc(Cl)ccc4n3C(=O)[C@@]2(C)C(=O)NC2CCCC2)cc1. The smallest absolute Gasteiger partial charge is 0.276 e. The molecule has 0 bridgehead atoms. The van der Waals surface area contributed by atoms with Gasteiger partial charge in [0, 0.05) is 22.1 Å². The van der Waals surface area contributed by atoms with Crippen molar-refractivity contribution in [2.45, 2.75) is 64.0 Å². The Kier molecular flexibility index (Phi) is 5.52. The van der Waals surface area contributed by atoms with Crippen molar-refractivity contribution >= 4 is 45.9 Å². The lowest BCUT2D eigenvalue weighted by Gasteiger charge is -2.42. The van der Waals surface area contributed by atoms with Crippen molar-refractivity contribution in [2.24, 2.45) is 0 Å². The number of carbonyl (C=O) groups is 3. The largest absolute Gasteiger partial charge is 0.351 e. The quantitative estimate of drug-likeness (QED) is 0.502. The number of anilines is 1. The van der Waals surface area contributed by atoms with Gasteiger partial charge in [0.15, 0.2) is 0 Å². The van der Waals surface area contributed by atoms with E-state index in [0.29, 0.717) is 27.5 Å². The van der Waals surface area contributed by atoms with Gasteiger partial charge in [-0.05, 0) is 67.6 Å². The zero-order valence-electron chi connectivity index (χ0n) is 19.6. The summed E-state index contributed by atoms with van der Waals surface area (Å²) in [5, 5.41) is 4.25. The maximum Gasteiger partial charge on any atom is 0.276 e. The van der Waals surface area contributed by atoms with Gasteiger partial charge in [-0.15, -0.1) is 0 Å². The van der Waals surface area contributed by atoms with Crippen LogP contribution >= 0.6 is 11.6 Å². The van der Waals surface area contributed by atoms with Crippen molar-refractivity contribution in [1.29, 1.82) is 0 Å². The molecule has 1 fully saturated rings. The Bertz CT molecular complexity index is 1300. The van der Waals surface area contributed by atoms with Crippen LogP contribution in [-0.4, -0.2) is 33.9 Å². The van der Waals surface area contributed by atoms with Crippen LogP contribution in [0.2, 0.25) is 5.02 Å². The monoisotopic (exact) mass is 477 g/mol. The summed E-state index contributed by atoms with van der Waals surface area (Å²) in [6.07, 6.45) is 3.84. The lowest BCUT2D eigenvalue weighted by Crippen LogP contribution is -2.69. The summed E-state index contributed by atoms with van der Waals surface area (Å²) in [7, 11) is 0. The van der Waals surface area contributed by atoms with Gasteiger partial charge in [-0.1, -0.05) is 50.4 Å². The summed E-state index contributed by atoms with van der Waals surface area (Å²) in [5.41, 5.74) is 0.674. The minimum atomic E-state index is -1.74. The average molecular weight is 478 g/mol. The van der Waals surface area contributed by atoms with Crippen LogP contribution in [0.15, 0.2) is 48.5 Å². The number of benzene rings is 2. The highest BCUT2D eigenvalue weighted by atomic mass is 35.5. The van der Waals surface area contributed by atoms with E-state index in [1.54, 1.807) is 31.2 Å². The van der Waals surface area contributed by atoms with E-state index in [0.717, 1.165) is 31.2 Å². The van der Waals surface area contributed by atoms with E-state index < -0.39 is 23.3 Å². The summed E-state index contributed by atoms with van der Waals surface area (Å²) in [4.78, 5) is 43.1. The predicted molar refractivity (Wildman–Crippen MR) is 134 cm³/mol. The molecule has 1 N–H and O–H groups in total. The van der Waals surface area contributed by atoms with E-state index in [1.165, 1.54) is 9.47 Å². The molecule has 1 aliphatic heterocycles. The summed E-state index contributed by atoms with van der Waals surface area (Å²) in [6, 6.07) is 14.3.